The van der Waals surface area contributed by atoms with E-state index in [0.717, 1.165) is 12.1 Å². The van der Waals surface area contributed by atoms with Crippen LogP contribution in [0.2, 0.25) is 0 Å². The van der Waals surface area contributed by atoms with Crippen LogP contribution in [0.15, 0.2) is 41.3 Å². The van der Waals surface area contributed by atoms with E-state index in [-0.39, 0.29) is 6.54 Å². The Labute approximate surface area is 143 Å². The van der Waals surface area contributed by atoms with E-state index in [1.165, 1.54) is 14.2 Å². The fourth-order valence-electron chi connectivity index (χ4n) is 2.05. The molecule has 0 fully saturated rings. The van der Waals surface area contributed by atoms with Crippen LogP contribution in [-0.4, -0.2) is 27.6 Å². The van der Waals surface area contributed by atoms with Crippen LogP contribution in [-0.2, 0) is 16.6 Å². The minimum Gasteiger partial charge on any atom is -0.493 e. The SMILES string of the molecule is COc1ccc(CNS(=O)(=O)c2ccc(F)c([N+](=O)[O-])c2)cc1OC. The van der Waals surface area contributed by atoms with Crippen LogP contribution in [0, 0.1) is 15.9 Å². The first-order valence-corrected chi connectivity index (χ1v) is 8.41. The average Bonchev–Trinajstić information content (AvgIpc) is 2.59. The van der Waals surface area contributed by atoms with E-state index in [4.69, 9.17) is 9.47 Å². The summed E-state index contributed by atoms with van der Waals surface area (Å²) in [6.45, 7) is -0.0894. The van der Waals surface area contributed by atoms with Crippen LogP contribution >= 0.6 is 0 Å². The zero-order valence-electron chi connectivity index (χ0n) is 13.4. The number of halogens is 1. The first-order valence-electron chi connectivity index (χ1n) is 6.93. The van der Waals surface area contributed by atoms with Crippen LogP contribution < -0.4 is 14.2 Å². The quantitative estimate of drug-likeness (QED) is 0.591. The molecule has 0 unspecified atom stereocenters. The highest BCUT2D eigenvalue weighted by molar-refractivity contribution is 7.89. The van der Waals surface area contributed by atoms with Gasteiger partial charge in [0.05, 0.1) is 24.0 Å². The molecule has 134 valence electrons. The number of sulfonamides is 1. The number of ether oxygens (including phenoxy) is 2. The zero-order chi connectivity index (χ0) is 18.6. The third kappa shape index (κ3) is 4.22. The molecule has 2 aromatic carbocycles. The number of nitro benzene ring substituents is 1. The van der Waals surface area contributed by atoms with E-state index in [9.17, 15) is 22.9 Å². The maximum absolute atomic E-state index is 13.3. The van der Waals surface area contributed by atoms with Gasteiger partial charge in [-0.25, -0.2) is 13.1 Å². The van der Waals surface area contributed by atoms with Crippen molar-refractivity contribution >= 4 is 15.7 Å². The van der Waals surface area contributed by atoms with Crippen molar-refractivity contribution in [1.29, 1.82) is 0 Å². The van der Waals surface area contributed by atoms with Crippen molar-refractivity contribution in [1.82, 2.24) is 4.72 Å². The highest BCUT2D eigenvalue weighted by Gasteiger charge is 2.21. The maximum Gasteiger partial charge on any atom is 0.306 e. The minimum atomic E-state index is -4.06. The lowest BCUT2D eigenvalue weighted by Gasteiger charge is -2.11. The van der Waals surface area contributed by atoms with Gasteiger partial charge in [0.25, 0.3) is 0 Å². The summed E-state index contributed by atoms with van der Waals surface area (Å²) in [6.07, 6.45) is 0. The third-order valence-electron chi connectivity index (χ3n) is 3.34. The molecule has 0 amide bonds. The van der Waals surface area contributed by atoms with Crippen LogP contribution in [0.1, 0.15) is 5.56 Å². The van der Waals surface area contributed by atoms with Crippen molar-refractivity contribution in [3.8, 4) is 11.5 Å². The second-order valence-electron chi connectivity index (χ2n) is 4.88. The average molecular weight is 370 g/mol. The lowest BCUT2D eigenvalue weighted by Crippen LogP contribution is -2.23. The summed E-state index contributed by atoms with van der Waals surface area (Å²) in [5, 5.41) is 10.7. The van der Waals surface area contributed by atoms with Gasteiger partial charge in [0.15, 0.2) is 11.5 Å². The van der Waals surface area contributed by atoms with Crippen LogP contribution in [0.5, 0.6) is 11.5 Å². The van der Waals surface area contributed by atoms with Crippen molar-refractivity contribution in [3.05, 3.63) is 57.9 Å². The summed E-state index contributed by atoms with van der Waals surface area (Å²) in [5.74, 6) is -0.191. The normalized spacial score (nSPS) is 11.2. The fourth-order valence-corrected chi connectivity index (χ4v) is 3.09. The van der Waals surface area contributed by atoms with Gasteiger partial charge >= 0.3 is 5.69 Å². The van der Waals surface area contributed by atoms with Crippen LogP contribution in [0.3, 0.4) is 0 Å². The molecule has 0 saturated heterocycles. The van der Waals surface area contributed by atoms with Crippen molar-refractivity contribution in [3.63, 3.8) is 0 Å². The molecular weight excluding hydrogens is 355 g/mol. The molecule has 0 radical (unpaired) electrons. The van der Waals surface area contributed by atoms with Gasteiger partial charge in [-0.15, -0.1) is 0 Å². The molecule has 2 rings (SSSR count). The molecule has 0 heterocycles. The lowest BCUT2D eigenvalue weighted by atomic mass is 10.2. The molecule has 2 aromatic rings. The van der Waals surface area contributed by atoms with Gasteiger partial charge in [0.1, 0.15) is 0 Å². The Morgan fingerprint density at radius 1 is 1.12 bits per heavy atom. The fraction of sp³-hybridized carbons (Fsp3) is 0.200. The highest BCUT2D eigenvalue weighted by Crippen LogP contribution is 2.28. The summed E-state index contributed by atoms with van der Waals surface area (Å²) in [5.41, 5.74) is -0.327. The topological polar surface area (TPSA) is 108 Å². The molecule has 0 atom stereocenters. The highest BCUT2D eigenvalue weighted by atomic mass is 32.2. The molecular formula is C15H15FN2O6S. The summed E-state index contributed by atoms with van der Waals surface area (Å²) in [7, 11) is -1.14. The summed E-state index contributed by atoms with van der Waals surface area (Å²) < 4.78 is 50.4. The van der Waals surface area contributed by atoms with Crippen molar-refractivity contribution in [2.75, 3.05) is 14.2 Å². The van der Waals surface area contributed by atoms with Gasteiger partial charge in [0, 0.05) is 12.6 Å². The molecule has 0 bridgehead atoms. The summed E-state index contributed by atoms with van der Waals surface area (Å²) in [6, 6.07) is 7.21. The van der Waals surface area contributed by atoms with E-state index in [1.807, 2.05) is 0 Å². The Balaban J connectivity index is 2.22. The molecule has 1 N–H and O–H groups in total. The van der Waals surface area contributed by atoms with Crippen LogP contribution in [0.25, 0.3) is 0 Å². The van der Waals surface area contributed by atoms with Crippen LogP contribution in [0.4, 0.5) is 10.1 Å². The van der Waals surface area contributed by atoms with Gasteiger partial charge in [-0.2, -0.15) is 4.39 Å². The number of nitro groups is 1. The van der Waals surface area contributed by atoms with E-state index < -0.39 is 31.3 Å². The first-order chi connectivity index (χ1) is 11.8. The number of hydrogen-bond donors (Lipinski definition) is 1. The molecule has 25 heavy (non-hydrogen) atoms. The molecule has 0 spiro atoms. The van der Waals surface area contributed by atoms with Crippen molar-refractivity contribution in [2.24, 2.45) is 0 Å². The Bertz CT molecular complexity index is 901. The number of hydrogen-bond acceptors (Lipinski definition) is 6. The Morgan fingerprint density at radius 3 is 2.40 bits per heavy atom. The molecule has 0 aliphatic rings. The lowest BCUT2D eigenvalue weighted by molar-refractivity contribution is -0.387. The van der Waals surface area contributed by atoms with E-state index in [2.05, 4.69) is 4.72 Å². The predicted molar refractivity (Wildman–Crippen MR) is 86.6 cm³/mol. The van der Waals surface area contributed by atoms with Gasteiger partial charge in [-0.3, -0.25) is 10.1 Å². The molecule has 0 aliphatic heterocycles. The monoisotopic (exact) mass is 370 g/mol. The molecule has 8 nitrogen and oxygen atoms in total. The van der Waals surface area contributed by atoms with Crippen molar-refractivity contribution in [2.45, 2.75) is 11.4 Å². The number of rotatable bonds is 7. The van der Waals surface area contributed by atoms with E-state index in [0.29, 0.717) is 23.1 Å². The second kappa shape index (κ2) is 7.45. The zero-order valence-corrected chi connectivity index (χ0v) is 14.2. The van der Waals surface area contributed by atoms with Gasteiger partial charge in [-0.05, 0) is 29.8 Å². The Kier molecular flexibility index (Phi) is 5.55. The Hall–Kier alpha value is -2.72. The number of methoxy groups -OCH3 is 2. The van der Waals surface area contributed by atoms with Gasteiger partial charge in [0.2, 0.25) is 15.8 Å². The van der Waals surface area contributed by atoms with E-state index in [1.54, 1.807) is 18.2 Å². The number of nitrogens with one attached hydrogen (secondary N) is 1. The largest absolute Gasteiger partial charge is 0.493 e. The van der Waals surface area contributed by atoms with E-state index >= 15 is 0 Å². The predicted octanol–water partition coefficient (Wildman–Crippen LogP) is 2.23. The summed E-state index contributed by atoms with van der Waals surface area (Å²) in [4.78, 5) is 9.35. The van der Waals surface area contributed by atoms with Gasteiger partial charge in [-0.1, -0.05) is 6.07 Å². The maximum atomic E-state index is 13.3. The van der Waals surface area contributed by atoms with Gasteiger partial charge < -0.3 is 9.47 Å². The Morgan fingerprint density at radius 2 is 1.80 bits per heavy atom. The molecule has 10 heteroatoms. The van der Waals surface area contributed by atoms with Crippen molar-refractivity contribution < 1.29 is 27.2 Å². The number of benzene rings is 2. The molecule has 0 saturated carbocycles. The number of nitrogens with zero attached hydrogens (tertiary/aromatic N) is 1. The molecule has 0 aromatic heterocycles. The second-order valence-corrected chi connectivity index (χ2v) is 6.65. The minimum absolute atomic E-state index is 0.0894. The first kappa shape index (κ1) is 18.6. The smallest absolute Gasteiger partial charge is 0.306 e. The molecule has 0 aliphatic carbocycles. The summed E-state index contributed by atoms with van der Waals surface area (Å²) >= 11 is 0. The standard InChI is InChI=1S/C15H15FN2O6S/c1-23-14-6-3-10(7-15(14)24-2)9-17-25(21,22)11-4-5-12(16)13(8-11)18(19)20/h3-8,17H,9H2,1-2H3. The third-order valence-corrected chi connectivity index (χ3v) is 4.74.